The number of anilines is 2. The molecule has 0 radical (unpaired) electrons. The number of aryl methyl sites for hydroxylation is 1. The van der Waals surface area contributed by atoms with Gasteiger partial charge in [-0.3, -0.25) is 4.79 Å². The molecule has 1 amide bonds. The number of nitrogens with two attached hydrogens (primary N) is 1. The molecule has 3 nitrogen and oxygen atoms in total. The SMILES string of the molecule is Cc1cccc(N)c1NC(=O)CC(F)(F)F. The number of nitrogen functional groups attached to an aromatic ring is 1. The molecule has 6 heteroatoms. The van der Waals surface area contributed by atoms with E-state index in [0.717, 1.165) is 0 Å². The molecule has 0 atom stereocenters. The van der Waals surface area contributed by atoms with Crippen molar-refractivity contribution in [1.82, 2.24) is 0 Å². The lowest BCUT2D eigenvalue weighted by atomic mass is 10.1. The van der Waals surface area contributed by atoms with Crippen LogP contribution in [0.1, 0.15) is 12.0 Å². The molecule has 0 aromatic heterocycles. The average molecular weight is 232 g/mol. The fourth-order valence-electron chi connectivity index (χ4n) is 1.23. The number of hydrogen-bond acceptors (Lipinski definition) is 2. The fourth-order valence-corrected chi connectivity index (χ4v) is 1.23. The van der Waals surface area contributed by atoms with Crippen LogP contribution < -0.4 is 11.1 Å². The van der Waals surface area contributed by atoms with E-state index in [1.54, 1.807) is 19.1 Å². The molecule has 0 unspecified atom stereocenters. The van der Waals surface area contributed by atoms with Gasteiger partial charge in [-0.25, -0.2) is 0 Å². The van der Waals surface area contributed by atoms with E-state index in [9.17, 15) is 18.0 Å². The lowest BCUT2D eigenvalue weighted by Crippen LogP contribution is -2.22. The van der Waals surface area contributed by atoms with Crippen molar-refractivity contribution in [3.63, 3.8) is 0 Å². The van der Waals surface area contributed by atoms with Crippen LogP contribution in [0.4, 0.5) is 24.5 Å². The van der Waals surface area contributed by atoms with Crippen molar-refractivity contribution < 1.29 is 18.0 Å². The lowest BCUT2D eigenvalue weighted by Gasteiger charge is -2.12. The van der Waals surface area contributed by atoms with E-state index in [1.165, 1.54) is 6.07 Å². The predicted molar refractivity (Wildman–Crippen MR) is 54.9 cm³/mol. The lowest BCUT2D eigenvalue weighted by molar-refractivity contribution is -0.150. The molecule has 0 saturated carbocycles. The molecule has 3 N–H and O–H groups in total. The third-order valence-electron chi connectivity index (χ3n) is 1.93. The number of alkyl halides is 3. The van der Waals surface area contributed by atoms with E-state index >= 15 is 0 Å². The minimum absolute atomic E-state index is 0.233. The van der Waals surface area contributed by atoms with Gasteiger partial charge in [0.15, 0.2) is 0 Å². The first-order valence-electron chi connectivity index (χ1n) is 4.51. The van der Waals surface area contributed by atoms with Gasteiger partial charge < -0.3 is 11.1 Å². The maximum atomic E-state index is 11.9. The summed E-state index contributed by atoms with van der Waals surface area (Å²) in [5.74, 6) is -1.12. The van der Waals surface area contributed by atoms with Gasteiger partial charge in [-0.05, 0) is 18.6 Å². The highest BCUT2D eigenvalue weighted by Gasteiger charge is 2.31. The first-order valence-corrected chi connectivity index (χ1v) is 4.51. The first-order chi connectivity index (χ1) is 7.29. The van der Waals surface area contributed by atoms with Gasteiger partial charge in [0.1, 0.15) is 6.42 Å². The van der Waals surface area contributed by atoms with Gasteiger partial charge in [-0.15, -0.1) is 0 Å². The maximum Gasteiger partial charge on any atom is 0.397 e. The number of carbonyl (C=O) groups is 1. The zero-order chi connectivity index (χ0) is 12.3. The summed E-state index contributed by atoms with van der Waals surface area (Å²) in [6, 6.07) is 4.82. The van der Waals surface area contributed by atoms with Gasteiger partial charge in [0.2, 0.25) is 5.91 Å². The molecular weight excluding hydrogens is 221 g/mol. The van der Waals surface area contributed by atoms with Crippen LogP contribution in [0.15, 0.2) is 18.2 Å². The van der Waals surface area contributed by atoms with Crippen molar-refractivity contribution in [1.29, 1.82) is 0 Å². The summed E-state index contributed by atoms with van der Waals surface area (Å²) in [6.45, 7) is 1.65. The van der Waals surface area contributed by atoms with E-state index in [-0.39, 0.29) is 11.4 Å². The number of nitrogens with one attached hydrogen (secondary N) is 1. The molecule has 1 aromatic rings. The second-order valence-electron chi connectivity index (χ2n) is 3.38. The number of para-hydroxylation sites is 1. The monoisotopic (exact) mass is 232 g/mol. The second kappa shape index (κ2) is 4.42. The molecule has 0 fully saturated rings. The van der Waals surface area contributed by atoms with Gasteiger partial charge in [-0.1, -0.05) is 12.1 Å². The normalized spacial score (nSPS) is 11.2. The van der Waals surface area contributed by atoms with Gasteiger partial charge >= 0.3 is 6.18 Å². The smallest absolute Gasteiger partial charge is 0.397 e. The number of carbonyl (C=O) groups excluding carboxylic acids is 1. The minimum Gasteiger partial charge on any atom is -0.397 e. The molecule has 88 valence electrons. The summed E-state index contributed by atoms with van der Waals surface area (Å²) in [5.41, 5.74) is 6.64. The Labute approximate surface area is 90.4 Å². The Balaban J connectivity index is 2.78. The zero-order valence-electron chi connectivity index (χ0n) is 8.56. The molecule has 0 heterocycles. The van der Waals surface area contributed by atoms with Crippen molar-refractivity contribution in [2.75, 3.05) is 11.1 Å². The summed E-state index contributed by atoms with van der Waals surface area (Å²) in [7, 11) is 0. The van der Waals surface area contributed by atoms with E-state index < -0.39 is 18.5 Å². The van der Waals surface area contributed by atoms with Crippen molar-refractivity contribution in [3.05, 3.63) is 23.8 Å². The number of hydrogen-bond donors (Lipinski definition) is 2. The number of benzene rings is 1. The molecule has 1 rings (SSSR count). The Morgan fingerprint density at radius 2 is 2.06 bits per heavy atom. The van der Waals surface area contributed by atoms with Crippen LogP contribution in [0, 0.1) is 6.92 Å². The Bertz CT molecular complexity index is 381. The second-order valence-corrected chi connectivity index (χ2v) is 3.38. The van der Waals surface area contributed by atoms with Crippen LogP contribution >= 0.6 is 0 Å². The van der Waals surface area contributed by atoms with Crippen LogP contribution in [0.25, 0.3) is 0 Å². The predicted octanol–water partition coefficient (Wildman–Crippen LogP) is 2.47. The summed E-state index contributed by atoms with van der Waals surface area (Å²) in [5, 5.41) is 2.15. The number of halogens is 3. The van der Waals surface area contributed by atoms with Crippen LogP contribution in [0.2, 0.25) is 0 Å². The average Bonchev–Trinajstić information content (AvgIpc) is 2.08. The van der Waals surface area contributed by atoms with Crippen molar-refractivity contribution >= 4 is 17.3 Å². The third kappa shape index (κ3) is 3.45. The molecule has 0 aliphatic heterocycles. The Morgan fingerprint density at radius 3 is 2.56 bits per heavy atom. The summed E-state index contributed by atoms with van der Waals surface area (Å²) in [6.07, 6.45) is -6.03. The molecule has 0 aliphatic rings. The molecular formula is C10H11F3N2O. The zero-order valence-corrected chi connectivity index (χ0v) is 8.56. The minimum atomic E-state index is -4.51. The Hall–Kier alpha value is -1.72. The van der Waals surface area contributed by atoms with Gasteiger partial charge in [0, 0.05) is 0 Å². The standard InChI is InChI=1S/C10H11F3N2O/c1-6-3-2-4-7(14)9(6)15-8(16)5-10(11,12)13/h2-4H,5,14H2,1H3,(H,15,16). The molecule has 0 spiro atoms. The molecule has 16 heavy (non-hydrogen) atoms. The van der Waals surface area contributed by atoms with Crippen molar-refractivity contribution in [2.45, 2.75) is 19.5 Å². The summed E-state index contributed by atoms with van der Waals surface area (Å²) >= 11 is 0. The highest BCUT2D eigenvalue weighted by molar-refractivity contribution is 5.95. The largest absolute Gasteiger partial charge is 0.397 e. The van der Waals surface area contributed by atoms with E-state index in [1.807, 2.05) is 0 Å². The van der Waals surface area contributed by atoms with Crippen LogP contribution in [-0.2, 0) is 4.79 Å². The number of amides is 1. The summed E-state index contributed by atoms with van der Waals surface area (Å²) in [4.78, 5) is 11.0. The highest BCUT2D eigenvalue weighted by atomic mass is 19.4. The first kappa shape index (κ1) is 12.4. The van der Waals surface area contributed by atoms with Gasteiger partial charge in [0.25, 0.3) is 0 Å². The van der Waals surface area contributed by atoms with E-state index in [4.69, 9.17) is 5.73 Å². The maximum absolute atomic E-state index is 11.9. The Morgan fingerprint density at radius 1 is 1.44 bits per heavy atom. The fraction of sp³-hybridized carbons (Fsp3) is 0.300. The third-order valence-corrected chi connectivity index (χ3v) is 1.93. The van der Waals surface area contributed by atoms with E-state index in [0.29, 0.717) is 5.56 Å². The van der Waals surface area contributed by atoms with Crippen molar-refractivity contribution in [3.8, 4) is 0 Å². The molecule has 0 bridgehead atoms. The highest BCUT2D eigenvalue weighted by Crippen LogP contribution is 2.25. The van der Waals surface area contributed by atoms with Crippen LogP contribution in [0.3, 0.4) is 0 Å². The van der Waals surface area contributed by atoms with E-state index in [2.05, 4.69) is 5.32 Å². The number of rotatable bonds is 2. The quantitative estimate of drug-likeness (QED) is 0.769. The van der Waals surface area contributed by atoms with Gasteiger partial charge in [0.05, 0.1) is 11.4 Å². The van der Waals surface area contributed by atoms with Crippen LogP contribution in [-0.4, -0.2) is 12.1 Å². The summed E-state index contributed by atoms with van der Waals surface area (Å²) < 4.78 is 35.8. The van der Waals surface area contributed by atoms with Crippen LogP contribution in [0.5, 0.6) is 0 Å². The molecule has 0 aliphatic carbocycles. The topological polar surface area (TPSA) is 55.1 Å². The van der Waals surface area contributed by atoms with Crippen molar-refractivity contribution in [2.24, 2.45) is 0 Å². The molecule has 0 saturated heterocycles. The Kier molecular flexibility index (Phi) is 3.41. The molecule has 1 aromatic carbocycles. The van der Waals surface area contributed by atoms with Gasteiger partial charge in [-0.2, -0.15) is 13.2 Å².